The number of thiazole rings is 1. The summed E-state index contributed by atoms with van der Waals surface area (Å²) in [4.78, 5) is 6.95. The quantitative estimate of drug-likeness (QED) is 0.694. The van der Waals surface area contributed by atoms with Crippen molar-refractivity contribution in [2.75, 3.05) is 11.9 Å². The summed E-state index contributed by atoms with van der Waals surface area (Å²) in [5, 5.41) is 3.23. The molecule has 2 nitrogen and oxygen atoms in total. The summed E-state index contributed by atoms with van der Waals surface area (Å²) in [5.41, 5.74) is 3.75. The van der Waals surface area contributed by atoms with Crippen LogP contribution in [0.2, 0.25) is 0 Å². The normalized spacial score (nSPS) is 10.5. The van der Waals surface area contributed by atoms with Gasteiger partial charge >= 0.3 is 0 Å². The summed E-state index contributed by atoms with van der Waals surface area (Å²) in [6, 6.07) is 21.0. The molecule has 3 heteroatoms. The molecule has 0 unspecified atom stereocenters. The van der Waals surface area contributed by atoms with Crippen molar-refractivity contribution >= 4 is 16.5 Å². The van der Waals surface area contributed by atoms with E-state index in [1.54, 1.807) is 11.3 Å². The second kappa shape index (κ2) is 6.55. The van der Waals surface area contributed by atoms with Gasteiger partial charge in [0.25, 0.3) is 0 Å². The zero-order chi connectivity index (χ0) is 14.5. The van der Waals surface area contributed by atoms with Crippen LogP contribution in [-0.2, 0) is 13.0 Å². The summed E-state index contributed by atoms with van der Waals surface area (Å²) in [5.74, 6) is 0. The molecule has 0 aliphatic rings. The predicted molar refractivity (Wildman–Crippen MR) is 89.9 cm³/mol. The largest absolute Gasteiger partial charge is 0.347 e. The highest BCUT2D eigenvalue weighted by Gasteiger charge is 2.08. The molecule has 1 aromatic heterocycles. The lowest BCUT2D eigenvalue weighted by atomic mass is 10.1. The molecule has 0 amide bonds. The molecule has 0 atom stereocenters. The molecule has 2 aromatic carbocycles. The Morgan fingerprint density at radius 1 is 0.905 bits per heavy atom. The van der Waals surface area contributed by atoms with Gasteiger partial charge in [-0.25, -0.2) is 4.98 Å². The zero-order valence-electron chi connectivity index (χ0n) is 12.1. The van der Waals surface area contributed by atoms with E-state index < -0.39 is 0 Å². The smallest absolute Gasteiger partial charge is 0.185 e. The van der Waals surface area contributed by atoms with Crippen molar-refractivity contribution in [1.82, 2.24) is 4.98 Å². The van der Waals surface area contributed by atoms with Gasteiger partial charge in [0.05, 0.1) is 5.69 Å². The maximum Gasteiger partial charge on any atom is 0.185 e. The predicted octanol–water partition coefficient (Wildman–Crippen LogP) is 4.37. The van der Waals surface area contributed by atoms with Crippen LogP contribution >= 0.6 is 11.3 Å². The first kappa shape index (κ1) is 13.8. The highest BCUT2D eigenvalue weighted by molar-refractivity contribution is 7.13. The first-order valence-electron chi connectivity index (χ1n) is 7.04. The first-order valence-corrected chi connectivity index (χ1v) is 7.92. The van der Waals surface area contributed by atoms with Crippen LogP contribution in [0, 0.1) is 0 Å². The fraction of sp³-hybridized carbons (Fsp3) is 0.167. The van der Waals surface area contributed by atoms with E-state index in [-0.39, 0.29) is 0 Å². The third-order valence-electron chi connectivity index (χ3n) is 3.36. The van der Waals surface area contributed by atoms with Crippen molar-refractivity contribution in [3.05, 3.63) is 82.9 Å². The minimum atomic E-state index is 0.888. The van der Waals surface area contributed by atoms with Gasteiger partial charge in [0.1, 0.15) is 0 Å². The number of hydrogen-bond donors (Lipinski definition) is 0. The van der Waals surface area contributed by atoms with Crippen molar-refractivity contribution in [3.8, 4) is 0 Å². The average molecular weight is 294 g/mol. The van der Waals surface area contributed by atoms with E-state index in [1.807, 2.05) is 12.1 Å². The SMILES string of the molecule is CN(Cc1ccccc1)c1nc(Cc2ccccc2)cs1. The number of benzene rings is 2. The van der Waals surface area contributed by atoms with Crippen LogP contribution in [0.3, 0.4) is 0 Å². The van der Waals surface area contributed by atoms with E-state index in [1.165, 1.54) is 11.1 Å². The summed E-state index contributed by atoms with van der Waals surface area (Å²) < 4.78 is 0. The fourth-order valence-corrected chi connectivity index (χ4v) is 3.07. The van der Waals surface area contributed by atoms with Gasteiger partial charge in [-0.1, -0.05) is 60.7 Å². The number of anilines is 1. The van der Waals surface area contributed by atoms with Crippen LogP contribution in [0.15, 0.2) is 66.0 Å². The first-order chi connectivity index (χ1) is 10.3. The number of nitrogens with zero attached hydrogens (tertiary/aromatic N) is 2. The summed E-state index contributed by atoms with van der Waals surface area (Å²) in [6.45, 7) is 0.888. The van der Waals surface area contributed by atoms with Gasteiger partial charge in [-0.3, -0.25) is 0 Å². The third kappa shape index (κ3) is 3.70. The van der Waals surface area contributed by atoms with E-state index in [0.717, 1.165) is 23.8 Å². The Labute approximate surface area is 129 Å². The van der Waals surface area contributed by atoms with E-state index in [4.69, 9.17) is 4.98 Å². The Kier molecular flexibility index (Phi) is 4.31. The van der Waals surface area contributed by atoms with Gasteiger partial charge in [-0.05, 0) is 11.1 Å². The number of hydrogen-bond acceptors (Lipinski definition) is 3. The molecule has 0 fully saturated rings. The molecular weight excluding hydrogens is 276 g/mol. The van der Waals surface area contributed by atoms with Gasteiger partial charge in [0, 0.05) is 25.4 Å². The highest BCUT2D eigenvalue weighted by atomic mass is 32.1. The average Bonchev–Trinajstić information content (AvgIpc) is 2.98. The van der Waals surface area contributed by atoms with E-state index in [0.29, 0.717) is 0 Å². The zero-order valence-corrected chi connectivity index (χ0v) is 12.9. The molecule has 0 aliphatic heterocycles. The van der Waals surface area contributed by atoms with Crippen molar-refractivity contribution in [3.63, 3.8) is 0 Å². The number of aromatic nitrogens is 1. The lowest BCUT2D eigenvalue weighted by Gasteiger charge is -2.15. The van der Waals surface area contributed by atoms with E-state index in [9.17, 15) is 0 Å². The monoisotopic (exact) mass is 294 g/mol. The molecule has 0 N–H and O–H groups in total. The van der Waals surface area contributed by atoms with Gasteiger partial charge in [0.15, 0.2) is 5.13 Å². The maximum absolute atomic E-state index is 4.75. The topological polar surface area (TPSA) is 16.1 Å². The van der Waals surface area contributed by atoms with Gasteiger partial charge in [0.2, 0.25) is 0 Å². The lowest BCUT2D eigenvalue weighted by molar-refractivity contribution is 0.907. The van der Waals surface area contributed by atoms with Gasteiger partial charge in [-0.2, -0.15) is 0 Å². The van der Waals surface area contributed by atoms with E-state index in [2.05, 4.69) is 65.9 Å². The molecule has 3 aromatic rings. The van der Waals surface area contributed by atoms with Crippen LogP contribution in [0.1, 0.15) is 16.8 Å². The molecule has 0 bridgehead atoms. The Hall–Kier alpha value is -2.13. The second-order valence-corrected chi connectivity index (χ2v) is 5.96. The number of rotatable bonds is 5. The van der Waals surface area contributed by atoms with Crippen molar-refractivity contribution in [2.45, 2.75) is 13.0 Å². The minimum Gasteiger partial charge on any atom is -0.347 e. The van der Waals surface area contributed by atoms with Gasteiger partial charge < -0.3 is 4.90 Å². The molecule has 0 aliphatic carbocycles. The Morgan fingerprint density at radius 2 is 1.52 bits per heavy atom. The standard InChI is InChI=1S/C18H18N2S/c1-20(13-16-10-6-3-7-11-16)18-19-17(14-21-18)12-15-8-4-2-5-9-15/h2-11,14H,12-13H2,1H3. The molecule has 3 rings (SSSR count). The Morgan fingerprint density at radius 3 is 2.19 bits per heavy atom. The van der Waals surface area contributed by atoms with Crippen LogP contribution in [-0.4, -0.2) is 12.0 Å². The molecular formula is C18H18N2S. The molecule has 106 valence electrons. The Bertz CT molecular complexity index is 677. The van der Waals surface area contributed by atoms with Crippen molar-refractivity contribution in [2.24, 2.45) is 0 Å². The lowest BCUT2D eigenvalue weighted by Crippen LogP contribution is -2.16. The molecule has 1 heterocycles. The summed E-state index contributed by atoms with van der Waals surface area (Å²) in [7, 11) is 2.10. The Balaban J connectivity index is 1.67. The van der Waals surface area contributed by atoms with Crippen LogP contribution in [0.4, 0.5) is 5.13 Å². The fourth-order valence-electron chi connectivity index (χ4n) is 2.28. The van der Waals surface area contributed by atoms with Crippen molar-refractivity contribution < 1.29 is 0 Å². The molecule has 0 spiro atoms. The second-order valence-electron chi connectivity index (χ2n) is 5.13. The maximum atomic E-state index is 4.75. The molecule has 0 saturated heterocycles. The molecule has 0 saturated carbocycles. The van der Waals surface area contributed by atoms with Crippen LogP contribution < -0.4 is 4.90 Å². The molecule has 21 heavy (non-hydrogen) atoms. The van der Waals surface area contributed by atoms with E-state index >= 15 is 0 Å². The third-order valence-corrected chi connectivity index (χ3v) is 4.36. The van der Waals surface area contributed by atoms with Crippen molar-refractivity contribution in [1.29, 1.82) is 0 Å². The summed E-state index contributed by atoms with van der Waals surface area (Å²) >= 11 is 1.71. The van der Waals surface area contributed by atoms with Crippen LogP contribution in [0.5, 0.6) is 0 Å². The minimum absolute atomic E-state index is 0.888. The van der Waals surface area contributed by atoms with Crippen LogP contribution in [0.25, 0.3) is 0 Å². The van der Waals surface area contributed by atoms with Gasteiger partial charge in [-0.15, -0.1) is 11.3 Å². The molecule has 0 radical (unpaired) electrons. The summed E-state index contributed by atoms with van der Waals surface area (Å²) in [6.07, 6.45) is 0.899. The highest BCUT2D eigenvalue weighted by Crippen LogP contribution is 2.22.